The molecule has 11 heteroatoms. The van der Waals surface area contributed by atoms with Gasteiger partial charge in [-0.1, -0.05) is 35.9 Å². The normalized spacial score (nSPS) is 15.3. The molecule has 1 saturated heterocycles. The molecular formula is C26H29ClFN3O4S2. The summed E-state index contributed by atoms with van der Waals surface area (Å²) in [6.45, 7) is 1.48. The summed E-state index contributed by atoms with van der Waals surface area (Å²) in [5.41, 5.74) is 2.41. The second-order valence-corrected chi connectivity index (χ2v) is 13.5. The lowest BCUT2D eigenvalue weighted by Crippen LogP contribution is -2.34. The van der Waals surface area contributed by atoms with Gasteiger partial charge in [-0.3, -0.25) is 0 Å². The zero-order chi connectivity index (χ0) is 26.8. The van der Waals surface area contributed by atoms with Crippen LogP contribution in [0.2, 0.25) is 5.02 Å². The molecule has 4 rings (SSSR count). The lowest BCUT2D eigenvalue weighted by molar-refractivity contribution is 0.481. The van der Waals surface area contributed by atoms with Crippen LogP contribution in [-0.2, 0) is 26.6 Å². The van der Waals surface area contributed by atoms with Gasteiger partial charge in [0.25, 0.3) is 0 Å². The topological polar surface area (TPSA) is 86.8 Å². The average molecular weight is 566 g/mol. The first kappa shape index (κ1) is 27.5. The predicted molar refractivity (Wildman–Crippen MR) is 143 cm³/mol. The minimum Gasteiger partial charge on any atom is -0.371 e. The SMILES string of the molecule is CN(C)S(=O)(=O)c1ccc(S(=O)(=O)NCc2ccccc2N2CCC(c3ccc(Cl)cc3F)CC2)cc1. The Bertz CT molecular complexity index is 1470. The Balaban J connectivity index is 1.44. The van der Waals surface area contributed by atoms with Crippen molar-refractivity contribution < 1.29 is 21.2 Å². The minimum absolute atomic E-state index is 0.0173. The summed E-state index contributed by atoms with van der Waals surface area (Å²) >= 11 is 5.89. The van der Waals surface area contributed by atoms with Crippen molar-refractivity contribution in [1.82, 2.24) is 9.03 Å². The fourth-order valence-corrected chi connectivity index (χ4v) is 6.56. The molecular weight excluding hydrogens is 537 g/mol. The van der Waals surface area contributed by atoms with Gasteiger partial charge in [-0.15, -0.1) is 0 Å². The number of hydrogen-bond acceptors (Lipinski definition) is 5. The quantitative estimate of drug-likeness (QED) is 0.432. The molecule has 1 N–H and O–H groups in total. The molecule has 1 heterocycles. The average Bonchev–Trinajstić information content (AvgIpc) is 2.88. The molecule has 1 fully saturated rings. The van der Waals surface area contributed by atoms with Crippen molar-refractivity contribution in [2.24, 2.45) is 0 Å². The number of nitrogens with one attached hydrogen (secondary N) is 1. The van der Waals surface area contributed by atoms with Crippen molar-refractivity contribution in [3.8, 4) is 0 Å². The van der Waals surface area contributed by atoms with E-state index in [9.17, 15) is 21.2 Å². The molecule has 0 radical (unpaired) electrons. The molecule has 0 spiro atoms. The molecule has 0 saturated carbocycles. The van der Waals surface area contributed by atoms with Crippen LogP contribution >= 0.6 is 11.6 Å². The Morgan fingerprint density at radius 3 is 2.19 bits per heavy atom. The third-order valence-electron chi connectivity index (χ3n) is 6.59. The summed E-state index contributed by atoms with van der Waals surface area (Å²) in [7, 11) is -4.70. The summed E-state index contributed by atoms with van der Waals surface area (Å²) in [5.74, 6) is -0.188. The van der Waals surface area contributed by atoms with Gasteiger partial charge in [0.15, 0.2) is 0 Å². The van der Waals surface area contributed by atoms with Crippen LogP contribution in [0, 0.1) is 5.82 Å². The van der Waals surface area contributed by atoms with E-state index in [2.05, 4.69) is 9.62 Å². The summed E-state index contributed by atoms with van der Waals surface area (Å²) in [6, 6.07) is 17.5. The molecule has 0 unspecified atom stereocenters. The van der Waals surface area contributed by atoms with Crippen molar-refractivity contribution in [3.05, 3.63) is 88.7 Å². The van der Waals surface area contributed by atoms with Crippen LogP contribution < -0.4 is 9.62 Å². The van der Waals surface area contributed by atoms with Gasteiger partial charge < -0.3 is 4.90 Å². The smallest absolute Gasteiger partial charge is 0.242 e. The third-order valence-corrected chi connectivity index (χ3v) is 10.1. The van der Waals surface area contributed by atoms with Gasteiger partial charge >= 0.3 is 0 Å². The lowest BCUT2D eigenvalue weighted by Gasteiger charge is -2.35. The van der Waals surface area contributed by atoms with E-state index in [1.807, 2.05) is 24.3 Å². The van der Waals surface area contributed by atoms with Crippen LogP contribution in [-0.4, -0.2) is 48.3 Å². The molecule has 198 valence electrons. The van der Waals surface area contributed by atoms with Crippen LogP contribution in [0.5, 0.6) is 0 Å². The van der Waals surface area contributed by atoms with Crippen LogP contribution in [0.25, 0.3) is 0 Å². The number of anilines is 1. The van der Waals surface area contributed by atoms with Crippen LogP contribution in [0.15, 0.2) is 76.5 Å². The second-order valence-electron chi connectivity index (χ2n) is 9.14. The number of halogens is 2. The fraction of sp³-hybridized carbons (Fsp3) is 0.308. The fourth-order valence-electron chi connectivity index (χ4n) is 4.49. The van der Waals surface area contributed by atoms with Gasteiger partial charge in [-0.05, 0) is 72.4 Å². The molecule has 0 aliphatic carbocycles. The number of rotatable bonds is 8. The molecule has 3 aromatic rings. The van der Waals surface area contributed by atoms with Crippen molar-refractivity contribution >= 4 is 37.3 Å². The van der Waals surface area contributed by atoms with Crippen molar-refractivity contribution in [1.29, 1.82) is 0 Å². The van der Waals surface area contributed by atoms with Crippen LogP contribution in [0.1, 0.15) is 29.9 Å². The monoisotopic (exact) mass is 565 g/mol. The number of para-hydroxylation sites is 1. The first-order chi connectivity index (χ1) is 17.5. The highest BCUT2D eigenvalue weighted by molar-refractivity contribution is 7.89. The lowest BCUT2D eigenvalue weighted by atomic mass is 9.88. The van der Waals surface area contributed by atoms with Gasteiger partial charge in [0.1, 0.15) is 5.82 Å². The van der Waals surface area contributed by atoms with Gasteiger partial charge in [0, 0.05) is 44.4 Å². The number of piperidine rings is 1. The van der Waals surface area contributed by atoms with Crippen LogP contribution in [0.3, 0.4) is 0 Å². The van der Waals surface area contributed by atoms with Crippen molar-refractivity contribution in [2.75, 3.05) is 32.1 Å². The number of hydrogen-bond donors (Lipinski definition) is 1. The first-order valence-corrected chi connectivity index (χ1v) is 15.1. The van der Waals surface area contributed by atoms with Gasteiger partial charge in [-0.2, -0.15) is 0 Å². The highest BCUT2D eigenvalue weighted by atomic mass is 35.5. The highest BCUT2D eigenvalue weighted by Gasteiger charge is 2.25. The van der Waals surface area contributed by atoms with E-state index in [4.69, 9.17) is 11.6 Å². The number of nitrogens with zero attached hydrogens (tertiary/aromatic N) is 2. The van der Waals surface area contributed by atoms with Gasteiger partial charge in [-0.25, -0.2) is 30.3 Å². The molecule has 1 aliphatic rings. The number of benzene rings is 3. The van der Waals surface area contributed by atoms with Crippen LogP contribution in [0.4, 0.5) is 10.1 Å². The zero-order valence-electron chi connectivity index (χ0n) is 20.6. The second kappa shape index (κ2) is 11.1. The van der Waals surface area contributed by atoms with E-state index < -0.39 is 20.0 Å². The van der Waals surface area contributed by atoms with E-state index >= 15 is 0 Å². The highest BCUT2D eigenvalue weighted by Crippen LogP contribution is 2.34. The maximum absolute atomic E-state index is 14.4. The Morgan fingerprint density at radius 2 is 1.57 bits per heavy atom. The van der Waals surface area contributed by atoms with Gasteiger partial charge in [0.2, 0.25) is 20.0 Å². The third kappa shape index (κ3) is 6.15. The Labute approximate surface area is 223 Å². The summed E-state index contributed by atoms with van der Waals surface area (Å²) in [5, 5.41) is 0.379. The molecule has 3 aromatic carbocycles. The summed E-state index contributed by atoms with van der Waals surface area (Å²) < 4.78 is 68.4. The summed E-state index contributed by atoms with van der Waals surface area (Å²) in [6.07, 6.45) is 1.53. The zero-order valence-corrected chi connectivity index (χ0v) is 23.0. The standard InChI is InChI=1S/C26H29ClFN3O4S2/c1-30(2)37(34,35)23-10-8-22(9-11-23)36(32,33)29-18-20-5-3-4-6-26(20)31-15-13-19(14-16-31)24-12-7-21(27)17-25(24)28/h3-12,17,19,29H,13-16,18H2,1-2H3. The van der Waals surface area contributed by atoms with Crippen molar-refractivity contribution in [3.63, 3.8) is 0 Å². The maximum atomic E-state index is 14.4. The molecule has 0 aromatic heterocycles. The Hall–Kier alpha value is -2.50. The van der Waals surface area contributed by atoms with E-state index in [1.165, 1.54) is 44.4 Å². The molecule has 7 nitrogen and oxygen atoms in total. The minimum atomic E-state index is -3.87. The van der Waals surface area contributed by atoms with E-state index in [-0.39, 0.29) is 28.1 Å². The Morgan fingerprint density at radius 1 is 0.946 bits per heavy atom. The maximum Gasteiger partial charge on any atom is 0.242 e. The molecule has 0 atom stereocenters. The summed E-state index contributed by atoms with van der Waals surface area (Å²) in [4.78, 5) is 2.19. The van der Waals surface area contributed by atoms with E-state index in [0.29, 0.717) is 23.7 Å². The molecule has 37 heavy (non-hydrogen) atoms. The van der Waals surface area contributed by atoms with Crippen molar-refractivity contribution in [2.45, 2.75) is 35.1 Å². The number of sulfonamides is 2. The van der Waals surface area contributed by atoms with Gasteiger partial charge in [0.05, 0.1) is 9.79 Å². The predicted octanol–water partition coefficient (Wildman–Crippen LogP) is 4.59. The largest absolute Gasteiger partial charge is 0.371 e. The first-order valence-electron chi connectivity index (χ1n) is 11.8. The molecule has 1 aliphatic heterocycles. The Kier molecular flexibility index (Phi) is 8.25. The van der Waals surface area contributed by atoms with E-state index in [0.717, 1.165) is 28.4 Å². The molecule has 0 amide bonds. The molecule has 0 bridgehead atoms. The van der Waals surface area contributed by atoms with E-state index in [1.54, 1.807) is 12.1 Å².